The van der Waals surface area contributed by atoms with Crippen LogP contribution in [0.2, 0.25) is 0 Å². The molecule has 0 spiro atoms. The Morgan fingerprint density at radius 1 is 1.06 bits per heavy atom. The summed E-state index contributed by atoms with van der Waals surface area (Å²) in [5, 5.41) is 10.5. The highest BCUT2D eigenvalue weighted by atomic mass is 32.2. The molecule has 166 valence electrons. The van der Waals surface area contributed by atoms with Crippen LogP contribution < -0.4 is 11.0 Å². The minimum absolute atomic E-state index is 0.0994. The molecule has 2 atom stereocenters. The Morgan fingerprint density at radius 2 is 1.87 bits per heavy atom. The third-order valence-electron chi connectivity index (χ3n) is 7.06. The first-order chi connectivity index (χ1) is 15.0. The van der Waals surface area contributed by atoms with Gasteiger partial charge in [0.15, 0.2) is 5.75 Å². The van der Waals surface area contributed by atoms with Crippen molar-refractivity contribution in [2.24, 2.45) is 13.0 Å². The standard InChI is InChI=1S/C23H30N4O3S/c1-24-18(10-21(28)23(30)20(24)15-25-5-7-31-8-6-25)14-26-11-16-9-17(13-26)19-3-2-4-22(29)27(19)12-16/h2-4,10,16-17,30H,5-9,11-15H2,1H3/t16-,17-/m0/s1. The van der Waals surface area contributed by atoms with E-state index in [-0.39, 0.29) is 16.7 Å². The molecule has 0 radical (unpaired) electrons. The molecule has 0 amide bonds. The molecule has 0 aromatic carbocycles. The maximum absolute atomic E-state index is 12.6. The van der Waals surface area contributed by atoms with E-state index in [9.17, 15) is 14.7 Å². The lowest BCUT2D eigenvalue weighted by molar-refractivity contribution is 0.112. The van der Waals surface area contributed by atoms with Gasteiger partial charge in [0.2, 0.25) is 5.43 Å². The predicted molar refractivity (Wildman–Crippen MR) is 123 cm³/mol. The average Bonchev–Trinajstić information content (AvgIpc) is 2.76. The zero-order valence-corrected chi connectivity index (χ0v) is 18.8. The fourth-order valence-corrected chi connectivity index (χ4v) is 6.43. The third-order valence-corrected chi connectivity index (χ3v) is 8.00. The van der Waals surface area contributed by atoms with Gasteiger partial charge in [-0.05, 0) is 18.4 Å². The second-order valence-electron chi connectivity index (χ2n) is 9.13. The van der Waals surface area contributed by atoms with Crippen molar-refractivity contribution in [3.8, 4) is 5.75 Å². The van der Waals surface area contributed by atoms with E-state index < -0.39 is 0 Å². The molecule has 0 saturated carbocycles. The summed E-state index contributed by atoms with van der Waals surface area (Å²) >= 11 is 1.95. The molecule has 7 nitrogen and oxygen atoms in total. The number of aromatic hydroxyl groups is 1. The molecule has 2 fully saturated rings. The number of fused-ring (bicyclic) bond motifs is 4. The molecular formula is C23H30N4O3S. The first-order valence-corrected chi connectivity index (χ1v) is 12.3. The zero-order valence-electron chi connectivity index (χ0n) is 18.0. The molecule has 3 aliphatic rings. The first kappa shape index (κ1) is 20.8. The van der Waals surface area contributed by atoms with Crippen LogP contribution in [0.5, 0.6) is 5.75 Å². The lowest BCUT2D eigenvalue weighted by Gasteiger charge is -2.43. The molecule has 5 rings (SSSR count). The van der Waals surface area contributed by atoms with Crippen molar-refractivity contribution < 1.29 is 5.11 Å². The van der Waals surface area contributed by atoms with Gasteiger partial charge in [0.25, 0.3) is 5.56 Å². The average molecular weight is 443 g/mol. The smallest absolute Gasteiger partial charge is 0.250 e. The Hall–Kier alpha value is -2.03. The van der Waals surface area contributed by atoms with E-state index in [4.69, 9.17) is 0 Å². The molecule has 2 aromatic heterocycles. The van der Waals surface area contributed by atoms with Crippen LogP contribution in [0.25, 0.3) is 0 Å². The molecular weight excluding hydrogens is 412 g/mol. The highest BCUT2D eigenvalue weighted by molar-refractivity contribution is 7.99. The number of nitrogens with zero attached hydrogens (tertiary/aromatic N) is 4. The van der Waals surface area contributed by atoms with Crippen molar-refractivity contribution in [1.29, 1.82) is 0 Å². The molecule has 5 heterocycles. The van der Waals surface area contributed by atoms with Gasteiger partial charge in [-0.1, -0.05) is 6.07 Å². The summed E-state index contributed by atoms with van der Waals surface area (Å²) in [6.45, 7) is 5.83. The molecule has 0 aliphatic carbocycles. The van der Waals surface area contributed by atoms with Crippen molar-refractivity contribution in [2.75, 3.05) is 37.7 Å². The fourth-order valence-electron chi connectivity index (χ4n) is 5.45. The van der Waals surface area contributed by atoms with Crippen LogP contribution >= 0.6 is 11.8 Å². The largest absolute Gasteiger partial charge is 0.503 e. The van der Waals surface area contributed by atoms with Gasteiger partial charge in [-0.25, -0.2) is 0 Å². The number of aromatic nitrogens is 2. The van der Waals surface area contributed by atoms with Gasteiger partial charge in [-0.2, -0.15) is 11.8 Å². The van der Waals surface area contributed by atoms with E-state index in [2.05, 4.69) is 15.9 Å². The summed E-state index contributed by atoms with van der Waals surface area (Å²) in [5.74, 6) is 2.87. The number of likely N-dealkylation sites (tertiary alicyclic amines) is 1. The summed E-state index contributed by atoms with van der Waals surface area (Å²) in [5.41, 5.74) is 2.60. The number of thioether (sulfide) groups is 1. The van der Waals surface area contributed by atoms with Crippen LogP contribution in [0.4, 0.5) is 0 Å². The molecule has 2 saturated heterocycles. The van der Waals surface area contributed by atoms with Crippen LogP contribution in [0, 0.1) is 5.92 Å². The summed E-state index contributed by atoms with van der Waals surface area (Å²) in [7, 11) is 1.96. The summed E-state index contributed by atoms with van der Waals surface area (Å²) in [6, 6.07) is 7.18. The third kappa shape index (κ3) is 4.08. The van der Waals surface area contributed by atoms with E-state index in [0.717, 1.165) is 62.0 Å². The zero-order chi connectivity index (χ0) is 21.5. The topological polar surface area (TPSA) is 70.7 Å². The Morgan fingerprint density at radius 3 is 2.68 bits per heavy atom. The predicted octanol–water partition coefficient (Wildman–Crippen LogP) is 1.42. The maximum Gasteiger partial charge on any atom is 0.250 e. The van der Waals surface area contributed by atoms with Crippen LogP contribution in [-0.4, -0.2) is 61.7 Å². The number of hydrogen-bond donors (Lipinski definition) is 1. The molecule has 3 aliphatic heterocycles. The van der Waals surface area contributed by atoms with Crippen LogP contribution in [0.1, 0.15) is 29.4 Å². The van der Waals surface area contributed by atoms with Crippen LogP contribution in [-0.2, 0) is 26.7 Å². The van der Waals surface area contributed by atoms with E-state index in [1.54, 1.807) is 12.1 Å². The van der Waals surface area contributed by atoms with Crippen LogP contribution in [0.15, 0.2) is 33.9 Å². The number of hydrogen-bond acceptors (Lipinski definition) is 6. The van der Waals surface area contributed by atoms with E-state index in [1.807, 2.05) is 34.0 Å². The Balaban J connectivity index is 1.38. The minimum Gasteiger partial charge on any atom is -0.503 e. The Kier molecular flexibility index (Phi) is 5.71. The van der Waals surface area contributed by atoms with Crippen LogP contribution in [0.3, 0.4) is 0 Å². The fraction of sp³-hybridized carbons (Fsp3) is 0.565. The van der Waals surface area contributed by atoms with Crippen molar-refractivity contribution >= 4 is 11.8 Å². The molecule has 8 heteroatoms. The quantitative estimate of drug-likeness (QED) is 0.772. The monoisotopic (exact) mass is 442 g/mol. The van der Waals surface area contributed by atoms with Gasteiger partial charge >= 0.3 is 0 Å². The maximum atomic E-state index is 12.6. The van der Waals surface area contributed by atoms with Gasteiger partial charge in [0, 0.05) is 93.8 Å². The number of pyridine rings is 2. The molecule has 2 bridgehead atoms. The van der Waals surface area contributed by atoms with E-state index >= 15 is 0 Å². The van der Waals surface area contributed by atoms with Gasteiger partial charge in [0.1, 0.15) is 0 Å². The summed E-state index contributed by atoms with van der Waals surface area (Å²) in [4.78, 5) is 29.5. The normalized spacial score (nSPS) is 24.2. The minimum atomic E-state index is -0.288. The molecule has 2 aromatic rings. The number of piperidine rings is 1. The Bertz CT molecular complexity index is 1090. The lowest BCUT2D eigenvalue weighted by atomic mass is 9.83. The van der Waals surface area contributed by atoms with Crippen molar-refractivity contribution in [3.63, 3.8) is 0 Å². The highest BCUT2D eigenvalue weighted by Crippen LogP contribution is 2.35. The summed E-state index contributed by atoms with van der Waals surface area (Å²) < 4.78 is 3.96. The van der Waals surface area contributed by atoms with Crippen molar-refractivity contribution in [3.05, 3.63) is 61.9 Å². The van der Waals surface area contributed by atoms with Gasteiger partial charge < -0.3 is 14.2 Å². The molecule has 1 N–H and O–H groups in total. The lowest BCUT2D eigenvalue weighted by Crippen LogP contribution is -2.47. The summed E-state index contributed by atoms with van der Waals surface area (Å²) in [6.07, 6.45) is 1.12. The van der Waals surface area contributed by atoms with Gasteiger partial charge in [-0.15, -0.1) is 0 Å². The highest BCUT2D eigenvalue weighted by Gasteiger charge is 2.34. The SMILES string of the molecule is Cn1c(CN2C[C@@H]3C[C@@H](C2)c2cccc(=O)n2C3)cc(=O)c(O)c1CN1CCSCC1. The second-order valence-corrected chi connectivity index (χ2v) is 10.4. The van der Waals surface area contributed by atoms with E-state index in [1.165, 1.54) is 0 Å². The van der Waals surface area contributed by atoms with Gasteiger partial charge in [-0.3, -0.25) is 19.4 Å². The van der Waals surface area contributed by atoms with Crippen molar-refractivity contribution in [2.45, 2.75) is 32.0 Å². The second kappa shape index (κ2) is 8.48. The van der Waals surface area contributed by atoms with Gasteiger partial charge in [0.05, 0.1) is 5.69 Å². The number of rotatable bonds is 4. The first-order valence-electron chi connectivity index (χ1n) is 11.1. The Labute approximate surface area is 186 Å². The van der Waals surface area contributed by atoms with E-state index in [0.29, 0.717) is 30.6 Å². The van der Waals surface area contributed by atoms with Crippen molar-refractivity contribution in [1.82, 2.24) is 18.9 Å². The molecule has 0 unspecified atom stereocenters. The molecule has 31 heavy (non-hydrogen) atoms.